The molecule has 7 nitrogen and oxygen atoms in total. The number of aromatic nitrogens is 2. The molecule has 11 heteroatoms. The Morgan fingerprint density at radius 3 is 2.67 bits per heavy atom. The van der Waals surface area contributed by atoms with Gasteiger partial charge in [-0.25, -0.2) is 13.2 Å². The number of aromatic hydroxyl groups is 1. The third kappa shape index (κ3) is 4.57. The number of phenolic OH excluding ortho intramolecular Hbond substituents is 1. The number of fused-ring (bicyclic) bond motifs is 5. The van der Waals surface area contributed by atoms with Crippen LogP contribution in [0.15, 0.2) is 42.5 Å². The van der Waals surface area contributed by atoms with Crippen LogP contribution in [0.5, 0.6) is 11.8 Å². The van der Waals surface area contributed by atoms with Gasteiger partial charge in [-0.05, 0) is 66.8 Å². The van der Waals surface area contributed by atoms with Gasteiger partial charge in [0.2, 0.25) is 0 Å². The van der Waals surface area contributed by atoms with E-state index >= 15 is 4.39 Å². The Hall–Kier alpha value is -3.34. The highest BCUT2D eigenvalue weighted by Crippen LogP contribution is 2.47. The molecule has 224 valence electrons. The molecule has 3 unspecified atom stereocenters. The number of phenols is 1. The van der Waals surface area contributed by atoms with E-state index in [9.17, 15) is 13.9 Å². The Morgan fingerprint density at radius 2 is 1.86 bits per heavy atom. The number of nitrogens with zero attached hydrogens (tertiary/aromatic N) is 4. The lowest BCUT2D eigenvalue weighted by Gasteiger charge is -2.34. The average molecular weight is 610 g/mol. The third-order valence-electron chi connectivity index (χ3n) is 9.70. The van der Waals surface area contributed by atoms with Gasteiger partial charge in [-0.3, -0.25) is 4.90 Å². The van der Waals surface area contributed by atoms with E-state index in [0.29, 0.717) is 42.8 Å². The molecule has 4 aromatic rings. The van der Waals surface area contributed by atoms with Crippen LogP contribution in [0.2, 0.25) is 5.02 Å². The van der Waals surface area contributed by atoms with Crippen molar-refractivity contribution in [1.29, 1.82) is 0 Å². The number of alkyl halides is 2. The van der Waals surface area contributed by atoms with Crippen molar-refractivity contribution in [2.24, 2.45) is 0 Å². The molecule has 8 rings (SSSR count). The molecule has 0 saturated carbocycles. The monoisotopic (exact) mass is 609 g/mol. The van der Waals surface area contributed by atoms with E-state index in [0.717, 1.165) is 30.0 Å². The zero-order chi connectivity index (χ0) is 29.5. The first-order valence-corrected chi connectivity index (χ1v) is 15.2. The average Bonchev–Trinajstić information content (AvgIpc) is 3.59. The van der Waals surface area contributed by atoms with Gasteiger partial charge in [-0.15, -0.1) is 0 Å². The maximum Gasteiger partial charge on any atom is 0.319 e. The fraction of sp³-hybridized carbons (Fsp3) is 0.438. The van der Waals surface area contributed by atoms with Crippen molar-refractivity contribution in [2.45, 2.75) is 55.6 Å². The van der Waals surface area contributed by atoms with Gasteiger partial charge in [0, 0.05) is 42.5 Å². The van der Waals surface area contributed by atoms with E-state index in [-0.39, 0.29) is 59.5 Å². The predicted molar refractivity (Wildman–Crippen MR) is 160 cm³/mol. The van der Waals surface area contributed by atoms with E-state index in [4.69, 9.17) is 21.3 Å². The molecule has 2 N–H and O–H groups in total. The molecule has 1 aromatic heterocycles. The molecule has 2 bridgehead atoms. The molecule has 0 spiro atoms. The third-order valence-corrected chi connectivity index (χ3v) is 9.99. The van der Waals surface area contributed by atoms with Crippen molar-refractivity contribution in [3.63, 3.8) is 0 Å². The molecule has 4 fully saturated rings. The second-order valence-electron chi connectivity index (χ2n) is 12.6. The quantitative estimate of drug-likeness (QED) is 0.282. The van der Waals surface area contributed by atoms with E-state index in [1.165, 1.54) is 6.07 Å². The first kappa shape index (κ1) is 27.2. The van der Waals surface area contributed by atoms with Crippen LogP contribution in [-0.2, 0) is 0 Å². The molecule has 0 amide bonds. The summed E-state index contributed by atoms with van der Waals surface area (Å²) in [7, 11) is 0. The number of hydrogen-bond acceptors (Lipinski definition) is 7. The molecule has 5 heterocycles. The summed E-state index contributed by atoms with van der Waals surface area (Å²) in [5.74, 6) is -2.93. The van der Waals surface area contributed by atoms with E-state index < -0.39 is 17.3 Å². The van der Waals surface area contributed by atoms with E-state index in [1.54, 1.807) is 12.1 Å². The minimum absolute atomic E-state index is 0.000393. The summed E-state index contributed by atoms with van der Waals surface area (Å²) in [6.07, 6.45) is 3.23. The van der Waals surface area contributed by atoms with Crippen LogP contribution in [0.4, 0.5) is 19.0 Å². The number of hydrogen-bond donors (Lipinski definition) is 2. The van der Waals surface area contributed by atoms with Crippen molar-refractivity contribution in [3.05, 3.63) is 53.3 Å². The Balaban J connectivity index is 1.27. The van der Waals surface area contributed by atoms with Gasteiger partial charge in [0.1, 0.15) is 23.7 Å². The number of anilines is 1. The van der Waals surface area contributed by atoms with Crippen molar-refractivity contribution in [2.75, 3.05) is 37.7 Å². The zero-order valence-electron chi connectivity index (χ0n) is 23.4. The molecule has 0 aliphatic carbocycles. The summed E-state index contributed by atoms with van der Waals surface area (Å²) in [5.41, 5.74) is -0.194. The summed E-state index contributed by atoms with van der Waals surface area (Å²) < 4.78 is 51.8. The summed E-state index contributed by atoms with van der Waals surface area (Å²) in [4.78, 5) is 13.3. The molecule has 4 aliphatic rings. The van der Waals surface area contributed by atoms with Crippen molar-refractivity contribution < 1.29 is 23.0 Å². The molecule has 4 aliphatic heterocycles. The fourth-order valence-corrected chi connectivity index (χ4v) is 8.15. The van der Waals surface area contributed by atoms with Crippen LogP contribution >= 0.6 is 11.6 Å². The minimum Gasteiger partial charge on any atom is -0.508 e. The number of rotatable bonds is 5. The van der Waals surface area contributed by atoms with Gasteiger partial charge in [-0.1, -0.05) is 35.9 Å². The van der Waals surface area contributed by atoms with Crippen molar-refractivity contribution >= 4 is 39.1 Å². The van der Waals surface area contributed by atoms with E-state index in [1.807, 2.05) is 29.2 Å². The number of piperazine rings is 1. The molecule has 43 heavy (non-hydrogen) atoms. The number of halogens is 4. The summed E-state index contributed by atoms with van der Waals surface area (Å²) in [5, 5.41) is 16.2. The zero-order valence-corrected chi connectivity index (χ0v) is 24.2. The molecule has 4 saturated heterocycles. The van der Waals surface area contributed by atoms with Gasteiger partial charge in [0.15, 0.2) is 5.82 Å². The van der Waals surface area contributed by atoms with E-state index in [2.05, 4.69) is 15.2 Å². The Labute approximate surface area is 251 Å². The molecular weight excluding hydrogens is 579 g/mol. The van der Waals surface area contributed by atoms with Crippen LogP contribution in [0.1, 0.15) is 32.1 Å². The number of ether oxygens (including phenoxy) is 1. The van der Waals surface area contributed by atoms with Gasteiger partial charge < -0.3 is 20.1 Å². The van der Waals surface area contributed by atoms with Crippen LogP contribution in [0.25, 0.3) is 32.8 Å². The first-order valence-electron chi connectivity index (χ1n) is 14.9. The second-order valence-corrected chi connectivity index (χ2v) is 13.0. The largest absolute Gasteiger partial charge is 0.508 e. The summed E-state index contributed by atoms with van der Waals surface area (Å²) >= 11 is 6.83. The fourth-order valence-electron chi connectivity index (χ4n) is 7.86. The lowest BCUT2D eigenvalue weighted by molar-refractivity contribution is 0.00804. The highest BCUT2D eigenvalue weighted by Gasteiger charge is 2.57. The summed E-state index contributed by atoms with van der Waals surface area (Å²) in [6.45, 7) is 1.69. The smallest absolute Gasteiger partial charge is 0.319 e. The topological polar surface area (TPSA) is 73.8 Å². The van der Waals surface area contributed by atoms with Gasteiger partial charge >= 0.3 is 6.01 Å². The van der Waals surface area contributed by atoms with Crippen LogP contribution in [-0.4, -0.2) is 76.3 Å². The standard InChI is InChI=1S/C32H31ClF3N5O2/c33-25-12-24-28(27(34)26(25)23-11-21(42)10-18-4-1-2-5-22(18)23)38-30(39-29(24)40-13-19-6-7-20(14-40)37-19)43-17-31-8-3-9-41(31)16-32(35,36)15-31/h1-2,4-5,10-12,19-20,37,42H,3,6-9,13-17H2. The van der Waals surface area contributed by atoms with Crippen LogP contribution < -0.4 is 15.0 Å². The maximum atomic E-state index is 16.8. The Kier molecular flexibility index (Phi) is 6.23. The SMILES string of the molecule is Oc1cc(-c2c(Cl)cc3c(N4CC5CCC(C4)N5)nc(OCC45CCCN4CC(F)(F)C5)nc3c2F)c2ccccc2c1. The lowest BCUT2D eigenvalue weighted by Crippen LogP contribution is -2.51. The predicted octanol–water partition coefficient (Wildman–Crippen LogP) is 6.14. The number of nitrogens with one attached hydrogen (secondary N) is 1. The van der Waals surface area contributed by atoms with Crippen molar-refractivity contribution in [1.82, 2.24) is 20.2 Å². The Morgan fingerprint density at radius 1 is 1.07 bits per heavy atom. The second kappa shape index (κ2) is 9.84. The van der Waals surface area contributed by atoms with Gasteiger partial charge in [0.25, 0.3) is 5.92 Å². The molecule has 3 aromatic carbocycles. The molecule has 0 radical (unpaired) electrons. The minimum atomic E-state index is -2.78. The highest BCUT2D eigenvalue weighted by atomic mass is 35.5. The maximum absolute atomic E-state index is 16.8. The van der Waals surface area contributed by atoms with Crippen LogP contribution in [0, 0.1) is 5.82 Å². The molecular formula is C32H31ClF3N5O2. The van der Waals surface area contributed by atoms with Gasteiger partial charge in [-0.2, -0.15) is 9.97 Å². The number of benzene rings is 3. The van der Waals surface area contributed by atoms with Gasteiger partial charge in [0.05, 0.1) is 17.1 Å². The van der Waals surface area contributed by atoms with Crippen molar-refractivity contribution in [3.8, 4) is 22.9 Å². The van der Waals surface area contributed by atoms with Crippen LogP contribution in [0.3, 0.4) is 0 Å². The normalized spacial score (nSPS) is 26.5. The lowest BCUT2D eigenvalue weighted by atomic mass is 9.94. The highest BCUT2D eigenvalue weighted by molar-refractivity contribution is 6.35. The Bertz CT molecular complexity index is 1760. The first-order chi connectivity index (χ1) is 20.7. The molecule has 3 atom stereocenters. The summed E-state index contributed by atoms with van der Waals surface area (Å²) in [6, 6.07) is 12.7.